The number of ether oxygens (including phenoxy) is 1. The van der Waals surface area contributed by atoms with E-state index in [0.717, 1.165) is 31.9 Å². The van der Waals surface area contributed by atoms with Gasteiger partial charge < -0.3 is 10.1 Å². The monoisotopic (exact) mass is 281 g/mol. The van der Waals surface area contributed by atoms with Crippen LogP contribution in [0, 0.1) is 5.92 Å². The Morgan fingerprint density at radius 2 is 2.26 bits per heavy atom. The van der Waals surface area contributed by atoms with Crippen molar-refractivity contribution in [2.45, 2.75) is 25.8 Å². The number of hydrogen-bond donors (Lipinski definition) is 1. The second-order valence-corrected chi connectivity index (χ2v) is 5.21. The maximum absolute atomic E-state index is 6.00. The van der Waals surface area contributed by atoms with Gasteiger partial charge in [0.25, 0.3) is 5.78 Å². The molecule has 1 aliphatic rings. The van der Waals surface area contributed by atoms with Gasteiger partial charge in [0.2, 0.25) is 0 Å². The van der Waals surface area contributed by atoms with Gasteiger partial charge in [0.1, 0.15) is 17.3 Å². The second-order valence-electron chi connectivity index (χ2n) is 4.82. The number of anilines is 1. The highest BCUT2D eigenvalue weighted by Gasteiger charge is 2.21. The first-order valence-corrected chi connectivity index (χ1v) is 6.82. The van der Waals surface area contributed by atoms with Crippen LogP contribution in [0.15, 0.2) is 12.4 Å². The number of nitrogens with zero attached hydrogens (tertiary/aromatic N) is 4. The van der Waals surface area contributed by atoms with Crippen LogP contribution in [0.3, 0.4) is 0 Å². The van der Waals surface area contributed by atoms with Gasteiger partial charge in [-0.2, -0.15) is 19.6 Å². The first kappa shape index (κ1) is 12.6. The maximum atomic E-state index is 6.00. The Labute approximate surface area is 116 Å². The summed E-state index contributed by atoms with van der Waals surface area (Å²) >= 11 is 6.00. The number of aromatic nitrogens is 4. The van der Waals surface area contributed by atoms with E-state index >= 15 is 0 Å². The van der Waals surface area contributed by atoms with E-state index in [1.54, 1.807) is 10.6 Å². The molecule has 0 saturated carbocycles. The lowest BCUT2D eigenvalue weighted by Crippen LogP contribution is -2.31. The van der Waals surface area contributed by atoms with E-state index in [1.807, 2.05) is 0 Å². The van der Waals surface area contributed by atoms with Crippen LogP contribution in [0.4, 0.5) is 5.82 Å². The zero-order valence-electron chi connectivity index (χ0n) is 10.7. The molecule has 7 heteroatoms. The smallest absolute Gasteiger partial charge is 0.255 e. The van der Waals surface area contributed by atoms with Crippen LogP contribution < -0.4 is 5.32 Å². The number of halogens is 1. The molecule has 0 radical (unpaired) electrons. The third kappa shape index (κ3) is 2.64. The average molecular weight is 282 g/mol. The van der Waals surface area contributed by atoms with Gasteiger partial charge in [-0.25, -0.2) is 0 Å². The van der Waals surface area contributed by atoms with E-state index < -0.39 is 0 Å². The molecule has 2 aromatic rings. The molecule has 3 rings (SSSR count). The summed E-state index contributed by atoms with van der Waals surface area (Å²) in [5.74, 6) is 1.93. The van der Waals surface area contributed by atoms with Crippen molar-refractivity contribution in [1.29, 1.82) is 0 Å². The Bertz CT molecular complexity index is 566. The van der Waals surface area contributed by atoms with Crippen molar-refractivity contribution in [3.63, 3.8) is 0 Å². The highest BCUT2D eigenvalue weighted by molar-refractivity contribution is 6.29. The molecule has 0 amide bonds. The summed E-state index contributed by atoms with van der Waals surface area (Å²) < 4.78 is 7.06. The van der Waals surface area contributed by atoms with Crippen LogP contribution in [0.25, 0.3) is 5.78 Å². The van der Waals surface area contributed by atoms with Gasteiger partial charge in [-0.15, -0.1) is 0 Å². The zero-order chi connectivity index (χ0) is 13.2. The molecule has 1 saturated heterocycles. The molecular weight excluding hydrogens is 266 g/mol. The first-order valence-electron chi connectivity index (χ1n) is 6.44. The zero-order valence-corrected chi connectivity index (χ0v) is 11.5. The van der Waals surface area contributed by atoms with Crippen LogP contribution in [-0.4, -0.2) is 38.8 Å². The third-order valence-electron chi connectivity index (χ3n) is 3.57. The van der Waals surface area contributed by atoms with Crippen LogP contribution >= 0.6 is 11.6 Å². The van der Waals surface area contributed by atoms with Gasteiger partial charge in [0, 0.05) is 25.3 Å². The van der Waals surface area contributed by atoms with E-state index in [1.165, 1.54) is 6.33 Å². The van der Waals surface area contributed by atoms with Crippen molar-refractivity contribution in [3.05, 3.63) is 17.5 Å². The lowest BCUT2D eigenvalue weighted by Gasteiger charge is -2.29. The number of fused-ring (bicyclic) bond motifs is 1. The predicted molar refractivity (Wildman–Crippen MR) is 72.4 cm³/mol. The van der Waals surface area contributed by atoms with Gasteiger partial charge >= 0.3 is 0 Å². The van der Waals surface area contributed by atoms with Crippen molar-refractivity contribution >= 4 is 23.2 Å². The minimum atomic E-state index is 0.328. The molecule has 0 aliphatic carbocycles. The number of hydrogen-bond acceptors (Lipinski definition) is 5. The quantitative estimate of drug-likeness (QED) is 0.872. The summed E-state index contributed by atoms with van der Waals surface area (Å²) in [6, 6.07) is 2.11. The molecule has 0 aromatic carbocycles. The molecule has 1 atom stereocenters. The van der Waals surface area contributed by atoms with Crippen LogP contribution in [0.5, 0.6) is 0 Å². The summed E-state index contributed by atoms with van der Waals surface area (Å²) in [5, 5.41) is 8.04. The minimum absolute atomic E-state index is 0.328. The van der Waals surface area contributed by atoms with Crippen molar-refractivity contribution in [2.24, 2.45) is 5.92 Å². The molecule has 0 spiro atoms. The Hall–Kier alpha value is -1.40. The van der Waals surface area contributed by atoms with E-state index in [9.17, 15) is 0 Å². The van der Waals surface area contributed by atoms with Gasteiger partial charge in [-0.05, 0) is 25.7 Å². The van der Waals surface area contributed by atoms with Gasteiger partial charge in [0.05, 0.1) is 0 Å². The minimum Gasteiger partial charge on any atom is -0.381 e. The van der Waals surface area contributed by atoms with Crippen molar-refractivity contribution in [1.82, 2.24) is 19.6 Å². The maximum Gasteiger partial charge on any atom is 0.255 e. The molecule has 3 heterocycles. The summed E-state index contributed by atoms with van der Waals surface area (Å²) in [5.41, 5.74) is 0. The molecule has 6 nitrogen and oxygen atoms in total. The fourth-order valence-electron chi connectivity index (χ4n) is 2.45. The Morgan fingerprint density at radius 1 is 1.47 bits per heavy atom. The van der Waals surface area contributed by atoms with Gasteiger partial charge in [0.15, 0.2) is 0 Å². The molecule has 1 fully saturated rings. The molecular formula is C12H16ClN5O. The lowest BCUT2D eigenvalue weighted by molar-refractivity contribution is 0.0622. The summed E-state index contributed by atoms with van der Waals surface area (Å²) in [7, 11) is 0. The summed E-state index contributed by atoms with van der Waals surface area (Å²) in [6.07, 6.45) is 3.63. The first-order chi connectivity index (χ1) is 9.24. The number of nitrogens with one attached hydrogen (secondary N) is 1. The van der Waals surface area contributed by atoms with Gasteiger partial charge in [-0.1, -0.05) is 11.6 Å². The lowest BCUT2D eigenvalue weighted by atomic mass is 9.93. The fraction of sp³-hybridized carbons (Fsp3) is 0.583. The van der Waals surface area contributed by atoms with Crippen molar-refractivity contribution < 1.29 is 4.74 Å². The van der Waals surface area contributed by atoms with Crippen LogP contribution in [0.1, 0.15) is 19.8 Å². The molecule has 19 heavy (non-hydrogen) atoms. The molecule has 1 aliphatic heterocycles. The molecule has 1 N–H and O–H groups in total. The largest absolute Gasteiger partial charge is 0.381 e. The van der Waals surface area contributed by atoms with E-state index in [0.29, 0.717) is 22.9 Å². The highest BCUT2D eigenvalue weighted by Crippen LogP contribution is 2.23. The molecule has 102 valence electrons. The molecule has 2 aromatic heterocycles. The van der Waals surface area contributed by atoms with E-state index in [2.05, 4.69) is 27.3 Å². The average Bonchev–Trinajstić information content (AvgIpc) is 2.88. The van der Waals surface area contributed by atoms with Gasteiger partial charge in [-0.3, -0.25) is 0 Å². The molecule has 1 unspecified atom stereocenters. The van der Waals surface area contributed by atoms with Crippen LogP contribution in [0.2, 0.25) is 5.15 Å². The number of rotatable bonds is 3. The Morgan fingerprint density at radius 3 is 3.05 bits per heavy atom. The standard InChI is InChI=1S/C12H16ClN5O/c1-8(9-2-4-19-5-3-9)16-11-6-10(13)17-12-14-7-15-18(11)12/h6-9,16H,2-5H2,1H3. The van der Waals surface area contributed by atoms with E-state index in [-0.39, 0.29) is 0 Å². The predicted octanol–water partition coefficient (Wildman–Crippen LogP) is 2.00. The second kappa shape index (κ2) is 5.30. The summed E-state index contributed by atoms with van der Waals surface area (Å²) in [4.78, 5) is 8.17. The summed E-state index contributed by atoms with van der Waals surface area (Å²) in [6.45, 7) is 3.85. The SMILES string of the molecule is CC(Nc1cc(Cl)nc2ncnn12)C1CCOCC1. The fourth-order valence-corrected chi connectivity index (χ4v) is 2.63. The van der Waals surface area contributed by atoms with Crippen LogP contribution in [-0.2, 0) is 4.74 Å². The Balaban J connectivity index is 1.82. The van der Waals surface area contributed by atoms with Crippen molar-refractivity contribution in [3.8, 4) is 0 Å². The van der Waals surface area contributed by atoms with Crippen molar-refractivity contribution in [2.75, 3.05) is 18.5 Å². The Kier molecular flexibility index (Phi) is 3.52. The van der Waals surface area contributed by atoms with E-state index in [4.69, 9.17) is 16.3 Å². The topological polar surface area (TPSA) is 64.3 Å². The molecule has 0 bridgehead atoms. The highest BCUT2D eigenvalue weighted by atomic mass is 35.5. The normalized spacial score (nSPS) is 18.6. The third-order valence-corrected chi connectivity index (χ3v) is 3.76.